The molecule has 0 saturated carbocycles. The van der Waals surface area contributed by atoms with Gasteiger partial charge in [-0.2, -0.15) is 0 Å². The van der Waals surface area contributed by atoms with E-state index < -0.39 is 0 Å². The van der Waals surface area contributed by atoms with Crippen LogP contribution in [0.4, 0.5) is 0 Å². The molecular formula is C5H8S. The minimum absolute atomic E-state index is 0.852. The van der Waals surface area contributed by atoms with Crippen LogP contribution in [0.25, 0.3) is 0 Å². The Bertz CT molecular complexity index is 58.3. The largest absolute Gasteiger partial charge is 0.131 e. The quantitative estimate of drug-likeness (QED) is 0.449. The standard InChI is InChI=1S/C5H8S/c1-5-3-2-4-6-5/h2,4-5H,3H2,1H3/t5-/m1/s1. The summed E-state index contributed by atoms with van der Waals surface area (Å²) in [5, 5.41) is 3.02. The van der Waals surface area contributed by atoms with Crippen molar-refractivity contribution in [3.05, 3.63) is 11.5 Å². The van der Waals surface area contributed by atoms with E-state index >= 15 is 0 Å². The van der Waals surface area contributed by atoms with Crippen molar-refractivity contribution >= 4 is 11.8 Å². The lowest BCUT2D eigenvalue weighted by Gasteiger charge is -1.91. The molecule has 0 aromatic carbocycles. The number of thioether (sulfide) groups is 1. The molecule has 0 N–H and O–H groups in total. The fraction of sp³-hybridized carbons (Fsp3) is 0.600. The van der Waals surface area contributed by atoms with Gasteiger partial charge in [0.2, 0.25) is 0 Å². The van der Waals surface area contributed by atoms with Gasteiger partial charge in [-0.05, 0) is 11.8 Å². The van der Waals surface area contributed by atoms with Gasteiger partial charge in [0, 0.05) is 5.25 Å². The van der Waals surface area contributed by atoms with Crippen molar-refractivity contribution in [1.82, 2.24) is 0 Å². The Morgan fingerprint density at radius 3 is 2.83 bits per heavy atom. The van der Waals surface area contributed by atoms with Gasteiger partial charge in [0.05, 0.1) is 0 Å². The van der Waals surface area contributed by atoms with Crippen LogP contribution in [0.3, 0.4) is 0 Å². The molecule has 0 unspecified atom stereocenters. The minimum atomic E-state index is 0.852. The topological polar surface area (TPSA) is 0 Å². The molecule has 6 heavy (non-hydrogen) atoms. The summed E-state index contributed by atoms with van der Waals surface area (Å²) >= 11 is 1.92. The van der Waals surface area contributed by atoms with E-state index in [1.165, 1.54) is 6.42 Å². The molecule has 1 heteroatoms. The van der Waals surface area contributed by atoms with Gasteiger partial charge in [-0.25, -0.2) is 0 Å². The normalized spacial score (nSPS) is 31.8. The molecule has 0 aromatic rings. The van der Waals surface area contributed by atoms with Crippen molar-refractivity contribution < 1.29 is 0 Å². The van der Waals surface area contributed by atoms with Crippen LogP contribution in [0.15, 0.2) is 11.5 Å². The molecule has 0 fully saturated rings. The van der Waals surface area contributed by atoms with Crippen molar-refractivity contribution in [2.24, 2.45) is 0 Å². The monoisotopic (exact) mass is 100 g/mol. The third-order valence-corrected chi connectivity index (χ3v) is 1.88. The van der Waals surface area contributed by atoms with E-state index in [0.29, 0.717) is 0 Å². The van der Waals surface area contributed by atoms with Gasteiger partial charge >= 0.3 is 0 Å². The average Bonchev–Trinajstić information content (AvgIpc) is 1.86. The van der Waals surface area contributed by atoms with Crippen LogP contribution >= 0.6 is 11.8 Å². The van der Waals surface area contributed by atoms with Gasteiger partial charge in [-0.3, -0.25) is 0 Å². The van der Waals surface area contributed by atoms with E-state index in [0.717, 1.165) is 5.25 Å². The van der Waals surface area contributed by atoms with E-state index in [4.69, 9.17) is 0 Å². The van der Waals surface area contributed by atoms with Crippen molar-refractivity contribution in [2.75, 3.05) is 0 Å². The smallest absolute Gasteiger partial charge is 0.00948 e. The summed E-state index contributed by atoms with van der Waals surface area (Å²) < 4.78 is 0. The SMILES string of the molecule is C[C@@H]1CC=CS1. The molecule has 1 atom stereocenters. The minimum Gasteiger partial charge on any atom is -0.131 e. The van der Waals surface area contributed by atoms with Gasteiger partial charge in [-0.15, -0.1) is 11.8 Å². The molecule has 0 saturated heterocycles. The highest BCUT2D eigenvalue weighted by molar-refractivity contribution is 8.02. The lowest BCUT2D eigenvalue weighted by molar-refractivity contribution is 1.00. The van der Waals surface area contributed by atoms with Gasteiger partial charge < -0.3 is 0 Å². The molecule has 0 aliphatic carbocycles. The molecule has 0 spiro atoms. The zero-order valence-electron chi connectivity index (χ0n) is 3.85. The zero-order valence-corrected chi connectivity index (χ0v) is 4.66. The van der Waals surface area contributed by atoms with Crippen molar-refractivity contribution in [1.29, 1.82) is 0 Å². The summed E-state index contributed by atoms with van der Waals surface area (Å²) in [6, 6.07) is 0. The summed E-state index contributed by atoms with van der Waals surface area (Å²) in [6.07, 6.45) is 3.49. The highest BCUT2D eigenvalue weighted by Gasteiger charge is 2.00. The number of hydrogen-bond acceptors (Lipinski definition) is 1. The molecular weight excluding hydrogens is 92.1 g/mol. The molecule has 0 amide bonds. The molecule has 0 bridgehead atoms. The summed E-state index contributed by atoms with van der Waals surface area (Å²) in [5.41, 5.74) is 0. The summed E-state index contributed by atoms with van der Waals surface area (Å²) in [6.45, 7) is 2.24. The maximum absolute atomic E-state index is 2.24. The fourth-order valence-electron chi connectivity index (χ4n) is 0.492. The van der Waals surface area contributed by atoms with E-state index in [1.807, 2.05) is 11.8 Å². The number of allylic oxidation sites excluding steroid dienone is 1. The Morgan fingerprint density at radius 2 is 2.67 bits per heavy atom. The highest BCUT2D eigenvalue weighted by atomic mass is 32.2. The van der Waals surface area contributed by atoms with E-state index in [9.17, 15) is 0 Å². The second kappa shape index (κ2) is 1.69. The average molecular weight is 100 g/mol. The molecule has 1 aliphatic rings. The Balaban J connectivity index is 2.32. The van der Waals surface area contributed by atoms with Crippen LogP contribution in [-0.2, 0) is 0 Å². The summed E-state index contributed by atoms with van der Waals surface area (Å²) in [5.74, 6) is 0. The molecule has 0 nitrogen and oxygen atoms in total. The van der Waals surface area contributed by atoms with Crippen molar-refractivity contribution in [3.63, 3.8) is 0 Å². The van der Waals surface area contributed by atoms with Crippen LogP contribution in [0.1, 0.15) is 13.3 Å². The van der Waals surface area contributed by atoms with Gasteiger partial charge in [-0.1, -0.05) is 13.0 Å². The summed E-state index contributed by atoms with van der Waals surface area (Å²) in [7, 11) is 0. The van der Waals surface area contributed by atoms with E-state index in [2.05, 4.69) is 18.4 Å². The first kappa shape index (κ1) is 4.25. The first-order valence-electron chi connectivity index (χ1n) is 2.20. The lowest BCUT2D eigenvalue weighted by atomic mass is 10.3. The molecule has 0 aromatic heterocycles. The third kappa shape index (κ3) is 0.777. The number of rotatable bonds is 0. The molecule has 1 rings (SSSR count). The third-order valence-electron chi connectivity index (χ3n) is 0.875. The lowest BCUT2D eigenvalue weighted by Crippen LogP contribution is -1.82. The van der Waals surface area contributed by atoms with E-state index in [-0.39, 0.29) is 0 Å². The van der Waals surface area contributed by atoms with Crippen LogP contribution < -0.4 is 0 Å². The summed E-state index contributed by atoms with van der Waals surface area (Å²) in [4.78, 5) is 0. The Hall–Kier alpha value is 0.0900. The van der Waals surface area contributed by atoms with Crippen molar-refractivity contribution in [3.8, 4) is 0 Å². The fourth-order valence-corrected chi connectivity index (χ4v) is 1.21. The van der Waals surface area contributed by atoms with Gasteiger partial charge in [0.25, 0.3) is 0 Å². The highest BCUT2D eigenvalue weighted by Crippen LogP contribution is 2.22. The first-order valence-corrected chi connectivity index (χ1v) is 3.14. The molecule has 1 heterocycles. The second-order valence-electron chi connectivity index (χ2n) is 1.55. The predicted octanol–water partition coefficient (Wildman–Crippen LogP) is 2.03. The Kier molecular flexibility index (Phi) is 1.20. The van der Waals surface area contributed by atoms with Gasteiger partial charge in [0.15, 0.2) is 0 Å². The zero-order chi connectivity index (χ0) is 4.41. The second-order valence-corrected chi connectivity index (χ2v) is 2.90. The maximum atomic E-state index is 2.24. The van der Waals surface area contributed by atoms with Crippen LogP contribution in [0.2, 0.25) is 0 Å². The first-order chi connectivity index (χ1) is 2.89. The molecule has 34 valence electrons. The molecule has 1 aliphatic heterocycles. The van der Waals surface area contributed by atoms with Crippen LogP contribution in [0.5, 0.6) is 0 Å². The van der Waals surface area contributed by atoms with Gasteiger partial charge in [0.1, 0.15) is 0 Å². The Labute approximate surface area is 42.6 Å². The van der Waals surface area contributed by atoms with Crippen LogP contribution in [0, 0.1) is 0 Å². The van der Waals surface area contributed by atoms with Crippen molar-refractivity contribution in [2.45, 2.75) is 18.6 Å². The predicted molar refractivity (Wildman–Crippen MR) is 30.8 cm³/mol. The van der Waals surface area contributed by atoms with E-state index in [1.54, 1.807) is 0 Å². The maximum Gasteiger partial charge on any atom is 0.00948 e. The molecule has 0 radical (unpaired) electrons. The number of hydrogen-bond donors (Lipinski definition) is 0. The Morgan fingerprint density at radius 1 is 1.83 bits per heavy atom. The van der Waals surface area contributed by atoms with Crippen LogP contribution in [-0.4, -0.2) is 5.25 Å².